The first-order chi connectivity index (χ1) is 11.2. The van der Waals surface area contributed by atoms with Gasteiger partial charge in [-0.1, -0.05) is 51.2 Å². The lowest BCUT2D eigenvalue weighted by molar-refractivity contribution is 0.276. The summed E-state index contributed by atoms with van der Waals surface area (Å²) in [6, 6.07) is 7.73. The maximum Gasteiger partial charge on any atom is 0.192 e. The van der Waals surface area contributed by atoms with Gasteiger partial charge < -0.3 is 9.67 Å². The SMILES string of the molecule is CCCCCCCCc1c(C)c(=O)c2ccccc2n1CCO. The van der Waals surface area contributed by atoms with Gasteiger partial charge in [-0.15, -0.1) is 0 Å². The van der Waals surface area contributed by atoms with Crippen molar-refractivity contribution in [3.05, 3.63) is 45.7 Å². The van der Waals surface area contributed by atoms with Crippen molar-refractivity contribution in [3.63, 3.8) is 0 Å². The lowest BCUT2D eigenvalue weighted by Crippen LogP contribution is -2.20. The molecule has 0 aliphatic heterocycles. The van der Waals surface area contributed by atoms with Crippen LogP contribution in [0.2, 0.25) is 0 Å². The van der Waals surface area contributed by atoms with Gasteiger partial charge in [0.05, 0.1) is 12.1 Å². The number of nitrogens with zero attached hydrogens (tertiary/aromatic N) is 1. The highest BCUT2D eigenvalue weighted by Gasteiger charge is 2.13. The van der Waals surface area contributed by atoms with Crippen molar-refractivity contribution in [3.8, 4) is 0 Å². The number of pyridine rings is 1. The van der Waals surface area contributed by atoms with E-state index >= 15 is 0 Å². The van der Waals surface area contributed by atoms with Crippen LogP contribution in [0.15, 0.2) is 29.1 Å². The summed E-state index contributed by atoms with van der Waals surface area (Å²) in [7, 11) is 0. The number of hydrogen-bond acceptors (Lipinski definition) is 2. The second-order valence-corrected chi connectivity index (χ2v) is 6.31. The fourth-order valence-corrected chi connectivity index (χ4v) is 3.33. The third kappa shape index (κ3) is 4.23. The molecule has 126 valence electrons. The molecule has 1 N–H and O–H groups in total. The molecule has 0 aliphatic carbocycles. The minimum absolute atomic E-state index is 0.0931. The normalized spacial score (nSPS) is 11.3. The van der Waals surface area contributed by atoms with Crippen LogP contribution in [0.5, 0.6) is 0 Å². The van der Waals surface area contributed by atoms with E-state index in [1.807, 2.05) is 31.2 Å². The van der Waals surface area contributed by atoms with E-state index in [1.165, 1.54) is 32.1 Å². The standard InChI is InChI=1S/C20H29NO2/c1-3-4-5-6-7-8-12-18-16(2)20(23)17-11-9-10-13-19(17)21(18)14-15-22/h9-11,13,22H,3-8,12,14-15H2,1-2H3. The Morgan fingerprint density at radius 2 is 1.74 bits per heavy atom. The molecule has 0 saturated heterocycles. The Hall–Kier alpha value is -1.61. The van der Waals surface area contributed by atoms with E-state index in [0.717, 1.165) is 35.0 Å². The lowest BCUT2D eigenvalue weighted by atomic mass is 10.0. The molecule has 23 heavy (non-hydrogen) atoms. The van der Waals surface area contributed by atoms with Gasteiger partial charge in [-0.05, 0) is 31.9 Å². The molecule has 0 fully saturated rings. The number of aromatic nitrogens is 1. The Morgan fingerprint density at radius 1 is 1.04 bits per heavy atom. The average Bonchev–Trinajstić information content (AvgIpc) is 2.58. The number of aliphatic hydroxyl groups excluding tert-OH is 1. The van der Waals surface area contributed by atoms with Crippen molar-refractivity contribution < 1.29 is 5.11 Å². The molecular weight excluding hydrogens is 286 g/mol. The second-order valence-electron chi connectivity index (χ2n) is 6.31. The van der Waals surface area contributed by atoms with Crippen molar-refractivity contribution in [2.75, 3.05) is 6.61 Å². The molecule has 0 spiro atoms. The number of para-hydroxylation sites is 1. The topological polar surface area (TPSA) is 42.2 Å². The van der Waals surface area contributed by atoms with Crippen LogP contribution in [0.3, 0.4) is 0 Å². The quantitative estimate of drug-likeness (QED) is 0.705. The summed E-state index contributed by atoms with van der Waals surface area (Å²) in [6.45, 7) is 4.80. The van der Waals surface area contributed by atoms with Crippen LogP contribution >= 0.6 is 0 Å². The second kappa shape index (κ2) is 8.88. The molecule has 0 atom stereocenters. The molecule has 0 unspecified atom stereocenters. The Labute approximate surface area is 139 Å². The summed E-state index contributed by atoms with van der Waals surface area (Å²) in [5.74, 6) is 0. The highest BCUT2D eigenvalue weighted by Crippen LogP contribution is 2.18. The molecule has 1 aromatic heterocycles. The molecule has 3 heteroatoms. The van der Waals surface area contributed by atoms with Crippen LogP contribution in [0.25, 0.3) is 10.9 Å². The van der Waals surface area contributed by atoms with Gasteiger partial charge >= 0.3 is 0 Å². The zero-order valence-electron chi connectivity index (χ0n) is 14.5. The van der Waals surface area contributed by atoms with E-state index in [9.17, 15) is 9.90 Å². The van der Waals surface area contributed by atoms with Crippen molar-refractivity contribution in [2.24, 2.45) is 0 Å². The van der Waals surface area contributed by atoms with E-state index in [2.05, 4.69) is 11.5 Å². The summed E-state index contributed by atoms with van der Waals surface area (Å²) in [4.78, 5) is 12.6. The molecule has 0 saturated carbocycles. The first-order valence-electron chi connectivity index (χ1n) is 8.92. The summed E-state index contributed by atoms with van der Waals surface area (Å²) in [5.41, 5.74) is 3.01. The van der Waals surface area contributed by atoms with E-state index in [4.69, 9.17) is 0 Å². The van der Waals surface area contributed by atoms with E-state index in [-0.39, 0.29) is 12.0 Å². The fourth-order valence-electron chi connectivity index (χ4n) is 3.33. The summed E-state index contributed by atoms with van der Waals surface area (Å²) in [6.07, 6.45) is 8.37. The van der Waals surface area contributed by atoms with Gasteiger partial charge in [0.1, 0.15) is 0 Å². The van der Waals surface area contributed by atoms with Gasteiger partial charge in [-0.25, -0.2) is 0 Å². The molecule has 1 aromatic carbocycles. The Morgan fingerprint density at radius 3 is 2.48 bits per heavy atom. The van der Waals surface area contributed by atoms with Crippen molar-refractivity contribution in [2.45, 2.75) is 65.3 Å². The lowest BCUT2D eigenvalue weighted by Gasteiger charge is -2.18. The summed E-state index contributed by atoms with van der Waals surface area (Å²) in [5, 5.41) is 10.2. The molecule has 0 radical (unpaired) electrons. The minimum atomic E-state index is 0.0931. The molecular formula is C20H29NO2. The average molecular weight is 315 g/mol. The number of benzene rings is 1. The van der Waals surface area contributed by atoms with Crippen LogP contribution < -0.4 is 5.43 Å². The predicted octanol–water partition coefficient (Wildman–Crippen LogP) is 4.21. The highest BCUT2D eigenvalue weighted by atomic mass is 16.3. The maximum absolute atomic E-state index is 12.6. The number of rotatable bonds is 9. The number of fused-ring (bicyclic) bond motifs is 1. The third-order valence-electron chi connectivity index (χ3n) is 4.63. The zero-order chi connectivity index (χ0) is 16.7. The molecule has 0 bridgehead atoms. The van der Waals surface area contributed by atoms with Crippen molar-refractivity contribution >= 4 is 10.9 Å². The molecule has 1 heterocycles. The summed E-state index contributed by atoms with van der Waals surface area (Å²) < 4.78 is 2.14. The molecule has 3 nitrogen and oxygen atoms in total. The molecule has 0 amide bonds. The predicted molar refractivity (Wildman–Crippen MR) is 97.1 cm³/mol. The number of hydrogen-bond donors (Lipinski definition) is 1. The summed E-state index contributed by atoms with van der Waals surface area (Å²) >= 11 is 0. The number of unbranched alkanes of at least 4 members (excludes halogenated alkanes) is 5. The smallest absolute Gasteiger partial charge is 0.192 e. The van der Waals surface area contributed by atoms with Gasteiger partial charge in [0.25, 0.3) is 0 Å². The van der Waals surface area contributed by atoms with Crippen LogP contribution in [0.1, 0.15) is 56.7 Å². The minimum Gasteiger partial charge on any atom is -0.395 e. The Balaban J connectivity index is 2.25. The van der Waals surface area contributed by atoms with Crippen molar-refractivity contribution in [1.82, 2.24) is 4.57 Å². The largest absolute Gasteiger partial charge is 0.395 e. The Kier molecular flexibility index (Phi) is 6.85. The monoisotopic (exact) mass is 315 g/mol. The van der Waals surface area contributed by atoms with E-state index in [1.54, 1.807) is 0 Å². The van der Waals surface area contributed by atoms with Gasteiger partial charge in [0.15, 0.2) is 5.43 Å². The van der Waals surface area contributed by atoms with E-state index in [0.29, 0.717) is 6.54 Å². The number of aliphatic hydroxyl groups is 1. The van der Waals surface area contributed by atoms with Gasteiger partial charge in [-0.2, -0.15) is 0 Å². The van der Waals surface area contributed by atoms with E-state index < -0.39 is 0 Å². The molecule has 2 aromatic rings. The van der Waals surface area contributed by atoms with Crippen LogP contribution in [-0.4, -0.2) is 16.3 Å². The first kappa shape index (κ1) is 17.7. The third-order valence-corrected chi connectivity index (χ3v) is 4.63. The maximum atomic E-state index is 12.6. The van der Waals surface area contributed by atoms with Crippen LogP contribution in [-0.2, 0) is 13.0 Å². The van der Waals surface area contributed by atoms with Gasteiger partial charge in [0.2, 0.25) is 0 Å². The molecule has 0 aliphatic rings. The molecule has 2 rings (SSSR count). The van der Waals surface area contributed by atoms with Crippen LogP contribution in [0, 0.1) is 6.92 Å². The van der Waals surface area contributed by atoms with Gasteiger partial charge in [0, 0.05) is 23.2 Å². The Bertz CT molecular complexity index is 688. The van der Waals surface area contributed by atoms with Gasteiger partial charge in [-0.3, -0.25) is 4.79 Å². The zero-order valence-corrected chi connectivity index (χ0v) is 14.5. The van der Waals surface area contributed by atoms with Crippen molar-refractivity contribution in [1.29, 1.82) is 0 Å². The fraction of sp³-hybridized carbons (Fsp3) is 0.550. The van der Waals surface area contributed by atoms with Crippen LogP contribution in [0.4, 0.5) is 0 Å². The first-order valence-corrected chi connectivity index (χ1v) is 8.92. The highest BCUT2D eigenvalue weighted by molar-refractivity contribution is 5.80.